The number of aromatic nitrogens is 2. The highest BCUT2D eigenvalue weighted by atomic mass is 35.5. The predicted octanol–water partition coefficient (Wildman–Crippen LogP) is 6.03. The number of halogens is 1. The van der Waals surface area contributed by atoms with E-state index in [1.165, 1.54) is 11.8 Å². The maximum atomic E-state index is 13.8. The lowest BCUT2D eigenvalue weighted by atomic mass is 10.0. The number of thioether (sulfide) groups is 1. The number of aryl methyl sites for hydroxylation is 1. The SMILES string of the molecule is Cc1ccccc1-n1nc(-c2cccs2)c2c1N(CC(=O)NC[C@@H]1CCCO1)C(=O)CS[C@H]2c1ccccc1Cl. The van der Waals surface area contributed by atoms with Crippen LogP contribution in [-0.2, 0) is 14.3 Å². The van der Waals surface area contributed by atoms with Gasteiger partial charge in [-0.05, 0) is 54.5 Å². The van der Waals surface area contributed by atoms with E-state index in [0.717, 1.165) is 52.4 Å². The Morgan fingerprint density at radius 2 is 1.98 bits per heavy atom. The number of fused-ring (bicyclic) bond motifs is 1. The summed E-state index contributed by atoms with van der Waals surface area (Å²) in [7, 11) is 0. The molecule has 4 aromatic rings. The Kier molecular flexibility index (Phi) is 7.98. The summed E-state index contributed by atoms with van der Waals surface area (Å²) in [5.41, 5.74) is 4.43. The summed E-state index contributed by atoms with van der Waals surface area (Å²) >= 11 is 9.86. The van der Waals surface area contributed by atoms with Crippen LogP contribution >= 0.6 is 34.7 Å². The summed E-state index contributed by atoms with van der Waals surface area (Å²) < 4.78 is 7.51. The number of ether oxygens (including phenoxy) is 1. The Balaban J connectivity index is 1.52. The second kappa shape index (κ2) is 11.8. The molecule has 1 saturated heterocycles. The number of carbonyl (C=O) groups excluding carboxylic acids is 2. The van der Waals surface area contributed by atoms with Crippen molar-refractivity contribution in [1.82, 2.24) is 15.1 Å². The van der Waals surface area contributed by atoms with Crippen LogP contribution in [-0.4, -0.2) is 53.1 Å². The van der Waals surface area contributed by atoms with Crippen molar-refractivity contribution in [2.75, 3.05) is 30.3 Å². The summed E-state index contributed by atoms with van der Waals surface area (Å²) in [6, 6.07) is 19.7. The van der Waals surface area contributed by atoms with Gasteiger partial charge in [-0.3, -0.25) is 14.5 Å². The van der Waals surface area contributed by atoms with Gasteiger partial charge in [-0.2, -0.15) is 5.10 Å². The fourth-order valence-electron chi connectivity index (χ4n) is 5.25. The number of nitrogens with zero attached hydrogens (tertiary/aromatic N) is 3. The van der Waals surface area contributed by atoms with Crippen molar-refractivity contribution in [2.24, 2.45) is 0 Å². The number of anilines is 1. The molecule has 2 amide bonds. The van der Waals surface area contributed by atoms with Crippen molar-refractivity contribution in [2.45, 2.75) is 31.1 Å². The summed E-state index contributed by atoms with van der Waals surface area (Å²) in [6.07, 6.45) is 1.94. The number of rotatable bonds is 7. The van der Waals surface area contributed by atoms with Gasteiger partial charge in [-0.25, -0.2) is 4.68 Å². The van der Waals surface area contributed by atoms with Crippen molar-refractivity contribution >= 4 is 52.3 Å². The molecule has 0 spiro atoms. The first-order valence-corrected chi connectivity index (χ1v) is 15.6. The third-order valence-corrected chi connectivity index (χ3v) is 9.68. The molecule has 0 bridgehead atoms. The highest BCUT2D eigenvalue weighted by Crippen LogP contribution is 2.50. The molecule has 2 atom stereocenters. The third kappa shape index (κ3) is 5.31. The number of amides is 2. The molecule has 40 heavy (non-hydrogen) atoms. The van der Waals surface area contributed by atoms with Gasteiger partial charge in [-0.15, -0.1) is 23.1 Å². The first kappa shape index (κ1) is 27.1. The zero-order valence-corrected chi connectivity index (χ0v) is 24.4. The van der Waals surface area contributed by atoms with Crippen LogP contribution in [0, 0.1) is 6.92 Å². The number of benzene rings is 2. The molecule has 0 aliphatic carbocycles. The van der Waals surface area contributed by atoms with E-state index in [4.69, 9.17) is 21.4 Å². The highest BCUT2D eigenvalue weighted by molar-refractivity contribution is 8.00. The van der Waals surface area contributed by atoms with Gasteiger partial charge in [0.1, 0.15) is 18.1 Å². The van der Waals surface area contributed by atoms with Gasteiger partial charge in [0.05, 0.1) is 27.7 Å². The van der Waals surface area contributed by atoms with E-state index < -0.39 is 0 Å². The van der Waals surface area contributed by atoms with Crippen LogP contribution < -0.4 is 10.2 Å². The van der Waals surface area contributed by atoms with Gasteiger partial charge >= 0.3 is 0 Å². The number of thiophene rings is 1. The fourth-order valence-corrected chi connectivity index (χ4v) is 7.52. The quantitative estimate of drug-likeness (QED) is 0.284. The van der Waals surface area contributed by atoms with E-state index in [0.29, 0.717) is 17.4 Å². The highest BCUT2D eigenvalue weighted by Gasteiger charge is 2.38. The number of para-hydroxylation sites is 1. The topological polar surface area (TPSA) is 76.5 Å². The molecule has 10 heteroatoms. The normalized spacial score (nSPS) is 18.9. The number of carbonyl (C=O) groups is 2. The van der Waals surface area contributed by atoms with Crippen molar-refractivity contribution in [1.29, 1.82) is 0 Å². The lowest BCUT2D eigenvalue weighted by molar-refractivity contribution is -0.123. The Morgan fingerprint density at radius 3 is 2.73 bits per heavy atom. The van der Waals surface area contributed by atoms with E-state index in [-0.39, 0.29) is 35.5 Å². The average Bonchev–Trinajstić information content (AvgIpc) is 3.72. The second-order valence-electron chi connectivity index (χ2n) is 9.89. The summed E-state index contributed by atoms with van der Waals surface area (Å²) in [4.78, 5) is 29.7. The van der Waals surface area contributed by atoms with Crippen LogP contribution in [0.2, 0.25) is 5.02 Å². The molecule has 7 nitrogen and oxygen atoms in total. The van der Waals surface area contributed by atoms with Crippen molar-refractivity contribution in [3.05, 3.63) is 87.8 Å². The molecule has 2 aliphatic heterocycles. The number of hydrogen-bond acceptors (Lipinski definition) is 6. The minimum atomic E-state index is -0.262. The van der Waals surface area contributed by atoms with Crippen LogP contribution in [0.25, 0.3) is 16.3 Å². The van der Waals surface area contributed by atoms with Gasteiger partial charge in [0.25, 0.3) is 0 Å². The second-order valence-corrected chi connectivity index (χ2v) is 12.3. The fraction of sp³-hybridized carbons (Fsp3) is 0.300. The molecule has 1 fully saturated rings. The Morgan fingerprint density at radius 1 is 1.15 bits per heavy atom. The van der Waals surface area contributed by atoms with Crippen molar-refractivity contribution in [3.63, 3.8) is 0 Å². The molecule has 206 valence electrons. The minimum Gasteiger partial charge on any atom is -0.376 e. The molecule has 0 radical (unpaired) electrons. The zero-order chi connectivity index (χ0) is 27.6. The van der Waals surface area contributed by atoms with Gasteiger partial charge in [0.2, 0.25) is 11.8 Å². The Hall–Kier alpha value is -3.11. The molecule has 2 aromatic heterocycles. The lowest BCUT2D eigenvalue weighted by Gasteiger charge is -2.24. The van der Waals surface area contributed by atoms with E-state index >= 15 is 0 Å². The first-order chi connectivity index (χ1) is 19.5. The molecule has 0 saturated carbocycles. The molecular formula is C30H29ClN4O3S2. The monoisotopic (exact) mass is 592 g/mol. The summed E-state index contributed by atoms with van der Waals surface area (Å²) in [5, 5.41) is 10.5. The number of hydrogen-bond donors (Lipinski definition) is 1. The molecule has 2 aromatic carbocycles. The van der Waals surface area contributed by atoms with E-state index in [9.17, 15) is 9.59 Å². The van der Waals surface area contributed by atoms with Crippen LogP contribution in [0.5, 0.6) is 0 Å². The molecule has 2 aliphatic rings. The van der Waals surface area contributed by atoms with Crippen molar-refractivity contribution < 1.29 is 14.3 Å². The van der Waals surface area contributed by atoms with E-state index in [2.05, 4.69) is 5.32 Å². The molecule has 1 N–H and O–H groups in total. The van der Waals surface area contributed by atoms with Crippen molar-refractivity contribution in [3.8, 4) is 16.3 Å². The minimum absolute atomic E-state index is 0.0161. The van der Waals surface area contributed by atoms with Gasteiger partial charge in [-0.1, -0.05) is 54.1 Å². The van der Waals surface area contributed by atoms with Gasteiger partial charge in [0.15, 0.2) is 0 Å². The van der Waals surface area contributed by atoms with E-state index in [1.54, 1.807) is 16.2 Å². The molecule has 6 rings (SSSR count). The van der Waals surface area contributed by atoms with Crippen LogP contribution in [0.15, 0.2) is 66.0 Å². The maximum Gasteiger partial charge on any atom is 0.240 e. The third-order valence-electron chi connectivity index (χ3n) is 7.23. The van der Waals surface area contributed by atoms with E-state index in [1.807, 2.05) is 77.6 Å². The summed E-state index contributed by atoms with van der Waals surface area (Å²) in [5.74, 6) is 0.415. The lowest BCUT2D eigenvalue weighted by Crippen LogP contribution is -2.44. The zero-order valence-electron chi connectivity index (χ0n) is 22.0. The molecule has 0 unspecified atom stereocenters. The van der Waals surface area contributed by atoms with Crippen LogP contribution in [0.1, 0.15) is 34.8 Å². The summed E-state index contributed by atoms with van der Waals surface area (Å²) in [6.45, 7) is 3.06. The largest absolute Gasteiger partial charge is 0.376 e. The Bertz CT molecular complexity index is 1530. The smallest absolute Gasteiger partial charge is 0.240 e. The Labute approximate surface area is 246 Å². The maximum absolute atomic E-state index is 13.8. The predicted molar refractivity (Wildman–Crippen MR) is 162 cm³/mol. The van der Waals surface area contributed by atoms with Crippen LogP contribution in [0.3, 0.4) is 0 Å². The molecular weight excluding hydrogens is 564 g/mol. The number of nitrogens with one attached hydrogen (secondary N) is 1. The molecule has 4 heterocycles. The van der Waals surface area contributed by atoms with Crippen LogP contribution in [0.4, 0.5) is 5.82 Å². The van der Waals surface area contributed by atoms with Gasteiger partial charge < -0.3 is 10.1 Å². The first-order valence-electron chi connectivity index (χ1n) is 13.3. The van der Waals surface area contributed by atoms with Gasteiger partial charge in [0, 0.05) is 23.7 Å². The average molecular weight is 593 g/mol. The standard InChI is InChI=1S/C30H29ClN4O3S2/c1-19-8-2-5-12-23(19)35-30-27(28(33-35)24-13-7-15-39-24)29(21-10-3-4-11-22(21)31)40-18-26(37)34(30)17-25(36)32-16-20-9-6-14-38-20/h2-5,7-8,10-13,15,20,29H,6,9,14,16-18H2,1H3,(H,32,36)/t20-,29-/m0/s1.